The van der Waals surface area contributed by atoms with Gasteiger partial charge in [0.2, 0.25) is 0 Å². The maximum absolute atomic E-state index is 12.9. The number of carboxylic acid groups (broad SMARTS) is 1. The van der Waals surface area contributed by atoms with Gasteiger partial charge < -0.3 is 10.2 Å². The van der Waals surface area contributed by atoms with E-state index in [1.165, 1.54) is 23.5 Å². The van der Waals surface area contributed by atoms with Crippen molar-refractivity contribution in [1.29, 1.82) is 0 Å². The third kappa shape index (κ3) is 2.37. The normalized spacial score (nSPS) is 32.2. The van der Waals surface area contributed by atoms with Gasteiger partial charge in [0.25, 0.3) is 6.04 Å². The van der Waals surface area contributed by atoms with Gasteiger partial charge in [0, 0.05) is 16.2 Å². The molecule has 1 aliphatic carbocycles. The highest BCUT2D eigenvalue weighted by atomic mass is 32.1. The Kier molecular flexibility index (Phi) is 4.89. The summed E-state index contributed by atoms with van der Waals surface area (Å²) < 4.78 is 0. The fraction of sp³-hybridized carbons (Fsp3) is 0.400. The number of hydrogen-bond donors (Lipinski definition) is 2. The molecule has 0 radical (unpaired) electrons. The lowest BCUT2D eigenvalue weighted by Gasteiger charge is -2.40. The van der Waals surface area contributed by atoms with Crippen LogP contribution in [0.25, 0.3) is 0 Å². The number of nitrogens with zero attached hydrogens (tertiary/aromatic N) is 1. The van der Waals surface area contributed by atoms with E-state index >= 15 is 0 Å². The van der Waals surface area contributed by atoms with Crippen molar-refractivity contribution in [2.75, 3.05) is 0 Å². The monoisotopic (exact) mass is 403 g/mol. The molecule has 0 spiro atoms. The number of rotatable bonds is 6. The second kappa shape index (κ2) is 6.79. The number of Topliss-reactive ketones (excluding diaryl/α,β-unsaturated/α-hetero) is 1. The summed E-state index contributed by atoms with van der Waals surface area (Å²) in [4.78, 5) is 37.6. The Morgan fingerprint density at radius 2 is 1.89 bits per heavy atom. The number of carbonyl (C=O) groups excluding carboxylic acids is 1. The average Bonchev–Trinajstić information content (AvgIpc) is 3.26. The molecule has 1 saturated carbocycles. The van der Waals surface area contributed by atoms with Crippen LogP contribution >= 0.6 is 11.3 Å². The first-order valence-electron chi connectivity index (χ1n) is 8.88. The predicted molar refractivity (Wildman–Crippen MR) is 103 cm³/mol. The van der Waals surface area contributed by atoms with E-state index < -0.39 is 45.6 Å². The summed E-state index contributed by atoms with van der Waals surface area (Å²) in [6, 6.07) is 9.58. The molecule has 0 amide bonds. The summed E-state index contributed by atoms with van der Waals surface area (Å²) >= 11 is 1.17. The van der Waals surface area contributed by atoms with Crippen molar-refractivity contribution in [3.8, 4) is 0 Å². The van der Waals surface area contributed by atoms with Crippen molar-refractivity contribution < 1.29 is 24.7 Å². The van der Waals surface area contributed by atoms with Crippen LogP contribution in [-0.2, 0) is 20.6 Å². The highest BCUT2D eigenvalue weighted by molar-refractivity contribution is 7.10. The van der Waals surface area contributed by atoms with Gasteiger partial charge in [0.05, 0.1) is 5.41 Å². The minimum absolute atomic E-state index is 0.0141. The van der Waals surface area contributed by atoms with Crippen molar-refractivity contribution in [3.63, 3.8) is 0 Å². The quantitative estimate of drug-likeness (QED) is 0.435. The summed E-state index contributed by atoms with van der Waals surface area (Å²) in [5, 5.41) is 35.9. The second-order valence-electron chi connectivity index (χ2n) is 7.22. The molecule has 1 aromatic carbocycles. The molecule has 8 heteroatoms. The van der Waals surface area contributed by atoms with E-state index in [1.807, 2.05) is 0 Å². The molecule has 1 aromatic heterocycles. The van der Waals surface area contributed by atoms with Gasteiger partial charge in [-0.1, -0.05) is 43.3 Å². The fourth-order valence-corrected chi connectivity index (χ4v) is 6.14. The molecule has 0 aliphatic heterocycles. The number of hydrogen-bond acceptors (Lipinski definition) is 6. The van der Waals surface area contributed by atoms with Crippen molar-refractivity contribution in [2.45, 2.75) is 43.7 Å². The number of ketones is 1. The smallest absolute Gasteiger partial charge is 0.318 e. The maximum atomic E-state index is 12.9. The zero-order chi connectivity index (χ0) is 20.7. The number of carboxylic acids is 1. The largest absolute Gasteiger partial charge is 0.480 e. The lowest BCUT2D eigenvalue weighted by molar-refractivity contribution is -0.555. The van der Waals surface area contributed by atoms with E-state index in [0.29, 0.717) is 4.88 Å². The Morgan fingerprint density at radius 3 is 2.32 bits per heavy atom. The molecule has 0 bridgehead atoms. The van der Waals surface area contributed by atoms with Crippen LogP contribution in [0.4, 0.5) is 0 Å². The fourth-order valence-electron chi connectivity index (χ4n) is 5.04. The number of nitro groups is 1. The SMILES string of the molecule is CC[C@]1(c2cccs2)[C@H]([N+](=O)[O-])[C@@](O)(c2ccccc2)C[C@@]1(C(C)=O)C(=O)O. The molecule has 4 atom stereocenters. The van der Waals surface area contributed by atoms with E-state index in [4.69, 9.17) is 0 Å². The van der Waals surface area contributed by atoms with Crippen LogP contribution in [0.3, 0.4) is 0 Å². The molecular formula is C20H21NO6S. The summed E-state index contributed by atoms with van der Waals surface area (Å²) in [6.45, 7) is 2.77. The van der Waals surface area contributed by atoms with Crippen molar-refractivity contribution >= 4 is 23.1 Å². The van der Waals surface area contributed by atoms with Gasteiger partial charge in [0.15, 0.2) is 5.60 Å². The molecule has 2 N–H and O–H groups in total. The van der Waals surface area contributed by atoms with E-state index in [-0.39, 0.29) is 12.0 Å². The summed E-state index contributed by atoms with van der Waals surface area (Å²) in [7, 11) is 0. The highest BCUT2D eigenvalue weighted by Gasteiger charge is 2.80. The molecule has 1 heterocycles. The van der Waals surface area contributed by atoms with Crippen LogP contribution in [0.2, 0.25) is 0 Å². The van der Waals surface area contributed by atoms with Gasteiger partial charge in [-0.2, -0.15) is 0 Å². The number of benzene rings is 1. The van der Waals surface area contributed by atoms with Crippen LogP contribution in [-0.4, -0.2) is 32.9 Å². The minimum atomic E-state index is -2.13. The Hall–Kier alpha value is -2.58. The third-order valence-electron chi connectivity index (χ3n) is 6.18. The predicted octanol–water partition coefficient (Wildman–Crippen LogP) is 2.99. The van der Waals surface area contributed by atoms with E-state index in [9.17, 15) is 29.9 Å². The van der Waals surface area contributed by atoms with Crippen molar-refractivity contribution in [2.24, 2.45) is 5.41 Å². The lowest BCUT2D eigenvalue weighted by atomic mass is 9.59. The van der Waals surface area contributed by atoms with Crippen LogP contribution in [0, 0.1) is 15.5 Å². The molecule has 28 heavy (non-hydrogen) atoms. The Balaban J connectivity index is 2.46. The molecule has 148 valence electrons. The van der Waals surface area contributed by atoms with Gasteiger partial charge in [-0.15, -0.1) is 11.3 Å². The molecule has 1 fully saturated rings. The lowest BCUT2D eigenvalue weighted by Crippen LogP contribution is -2.58. The molecule has 0 saturated heterocycles. The summed E-state index contributed by atoms with van der Waals surface area (Å²) in [5.74, 6) is -2.15. The van der Waals surface area contributed by atoms with Gasteiger partial charge in [-0.05, 0) is 30.4 Å². The molecule has 1 aliphatic rings. The Bertz CT molecular complexity index is 898. The van der Waals surface area contributed by atoms with Gasteiger partial charge in [-0.3, -0.25) is 19.7 Å². The minimum Gasteiger partial charge on any atom is -0.480 e. The summed E-state index contributed by atoms with van der Waals surface area (Å²) in [6.07, 6.45) is -0.549. The van der Waals surface area contributed by atoms with Crippen LogP contribution < -0.4 is 0 Å². The first-order valence-corrected chi connectivity index (χ1v) is 9.76. The Labute approximate surface area is 165 Å². The zero-order valence-electron chi connectivity index (χ0n) is 15.5. The first-order chi connectivity index (χ1) is 13.2. The Morgan fingerprint density at radius 1 is 1.25 bits per heavy atom. The van der Waals surface area contributed by atoms with Gasteiger partial charge >= 0.3 is 5.97 Å². The van der Waals surface area contributed by atoms with E-state index in [1.54, 1.807) is 42.6 Å². The standard InChI is InChI=1S/C20H21NO6S/c1-3-18(15-10-7-11-28-15)16(21(26)27)20(25,14-8-5-4-6-9-14)12-19(18,13(2)22)17(23)24/h4-11,16,25H,3,12H2,1-2H3,(H,23,24)/t16-,18-,19+,20-/m0/s1. The van der Waals surface area contributed by atoms with Gasteiger partial charge in [-0.25, -0.2) is 0 Å². The third-order valence-corrected chi connectivity index (χ3v) is 7.23. The van der Waals surface area contributed by atoms with E-state index in [2.05, 4.69) is 0 Å². The van der Waals surface area contributed by atoms with Gasteiger partial charge in [0.1, 0.15) is 11.2 Å². The number of carbonyl (C=O) groups is 2. The van der Waals surface area contributed by atoms with E-state index in [0.717, 1.165) is 6.92 Å². The highest BCUT2D eigenvalue weighted by Crippen LogP contribution is 2.64. The van der Waals surface area contributed by atoms with Crippen LogP contribution in [0.15, 0.2) is 47.8 Å². The molecule has 7 nitrogen and oxygen atoms in total. The van der Waals surface area contributed by atoms with Crippen LogP contribution in [0.1, 0.15) is 37.1 Å². The molecular weight excluding hydrogens is 382 g/mol. The van der Waals surface area contributed by atoms with Crippen LogP contribution in [0.5, 0.6) is 0 Å². The number of aliphatic carboxylic acids is 1. The summed E-state index contributed by atoms with van der Waals surface area (Å²) in [5.41, 5.74) is -5.70. The molecule has 0 unspecified atom stereocenters. The first kappa shape index (κ1) is 20.2. The van der Waals surface area contributed by atoms with Crippen molar-refractivity contribution in [3.05, 3.63) is 68.4 Å². The van der Waals surface area contributed by atoms with Crippen molar-refractivity contribution in [1.82, 2.24) is 0 Å². The molecule has 3 rings (SSSR count). The topological polar surface area (TPSA) is 118 Å². The maximum Gasteiger partial charge on any atom is 0.318 e. The second-order valence-corrected chi connectivity index (χ2v) is 8.17. The zero-order valence-corrected chi connectivity index (χ0v) is 16.3. The average molecular weight is 403 g/mol. The molecule has 2 aromatic rings. The number of thiophene rings is 1. The number of aliphatic hydroxyl groups is 1.